The topological polar surface area (TPSA) is 25.6 Å². The molecular formula is C27H31NO2. The number of rotatable bonds is 7. The van der Waals surface area contributed by atoms with Crippen LogP contribution in [0.2, 0.25) is 0 Å². The molecule has 2 saturated heterocycles. The molecule has 0 radical (unpaired) electrons. The lowest BCUT2D eigenvalue weighted by Crippen LogP contribution is -2.38. The van der Waals surface area contributed by atoms with Gasteiger partial charge in [-0.15, -0.1) is 0 Å². The lowest BCUT2D eigenvalue weighted by Gasteiger charge is -2.35. The first-order valence-corrected chi connectivity index (χ1v) is 11.3. The summed E-state index contributed by atoms with van der Waals surface area (Å²) < 4.78 is 11.8. The van der Waals surface area contributed by atoms with Gasteiger partial charge in [0.15, 0.2) is 0 Å². The van der Waals surface area contributed by atoms with Crippen LogP contribution < -0.4 is 0 Å². The first-order valence-electron chi connectivity index (χ1n) is 11.3. The van der Waals surface area contributed by atoms with Crippen LogP contribution in [0.25, 0.3) is 11.3 Å². The molecule has 0 saturated carbocycles. The number of hydrogen-bond donors (Lipinski definition) is 0. The van der Waals surface area contributed by atoms with Crippen LogP contribution in [-0.4, -0.2) is 30.7 Å². The van der Waals surface area contributed by atoms with Gasteiger partial charge in [0.25, 0.3) is 0 Å². The van der Waals surface area contributed by atoms with Crippen LogP contribution in [0.4, 0.5) is 0 Å². The Balaban J connectivity index is 1.29. The third kappa shape index (κ3) is 4.23. The Bertz CT molecular complexity index is 931. The average molecular weight is 402 g/mol. The summed E-state index contributed by atoms with van der Waals surface area (Å²) in [5.41, 5.74) is 4.24. The molecule has 0 N–H and O–H groups in total. The molecule has 2 unspecified atom stereocenters. The minimum atomic E-state index is 0.283. The molecule has 5 rings (SSSR count). The summed E-state index contributed by atoms with van der Waals surface area (Å²) in [6.45, 7) is 4.21. The highest BCUT2D eigenvalue weighted by Crippen LogP contribution is 2.44. The van der Waals surface area contributed by atoms with Crippen molar-refractivity contribution in [3.8, 4) is 11.3 Å². The van der Waals surface area contributed by atoms with Gasteiger partial charge in [-0.3, -0.25) is 4.90 Å². The summed E-state index contributed by atoms with van der Waals surface area (Å²) in [5, 5.41) is 0. The summed E-state index contributed by atoms with van der Waals surface area (Å²) in [7, 11) is 0. The Labute approximate surface area is 179 Å². The molecule has 1 aromatic heterocycles. The normalized spacial score (nSPS) is 24.5. The minimum Gasteiger partial charge on any atom is -0.464 e. The Morgan fingerprint density at radius 3 is 2.67 bits per heavy atom. The van der Waals surface area contributed by atoms with E-state index < -0.39 is 0 Å². The van der Waals surface area contributed by atoms with E-state index in [1.807, 2.05) is 12.1 Å². The third-order valence-electron chi connectivity index (χ3n) is 6.97. The zero-order chi connectivity index (χ0) is 20.2. The molecule has 2 atom stereocenters. The van der Waals surface area contributed by atoms with E-state index in [9.17, 15) is 0 Å². The van der Waals surface area contributed by atoms with Gasteiger partial charge in [-0.25, -0.2) is 0 Å². The Morgan fingerprint density at radius 1 is 0.967 bits per heavy atom. The van der Waals surface area contributed by atoms with E-state index in [0.717, 1.165) is 44.0 Å². The molecule has 0 bridgehead atoms. The maximum atomic E-state index is 6.26. The van der Waals surface area contributed by atoms with E-state index in [0.29, 0.717) is 6.10 Å². The zero-order valence-electron chi connectivity index (χ0n) is 17.6. The first-order chi connectivity index (χ1) is 14.8. The number of benzene rings is 2. The monoisotopic (exact) mass is 401 g/mol. The van der Waals surface area contributed by atoms with Crippen LogP contribution in [-0.2, 0) is 17.7 Å². The van der Waals surface area contributed by atoms with E-state index in [4.69, 9.17) is 9.15 Å². The SMILES string of the molecule is c1ccc(CCC2(C3CCCO3)CCN(Cc3cccc(-c4ccco4)c3)C2)cc1. The first kappa shape index (κ1) is 19.6. The van der Waals surface area contributed by atoms with E-state index in [-0.39, 0.29) is 5.41 Å². The molecule has 156 valence electrons. The van der Waals surface area contributed by atoms with E-state index in [1.165, 1.54) is 36.8 Å². The largest absolute Gasteiger partial charge is 0.464 e. The van der Waals surface area contributed by atoms with Gasteiger partial charge in [0.05, 0.1) is 12.4 Å². The molecular weight excluding hydrogens is 370 g/mol. The minimum absolute atomic E-state index is 0.283. The summed E-state index contributed by atoms with van der Waals surface area (Å²) in [6, 6.07) is 23.7. The van der Waals surface area contributed by atoms with Gasteiger partial charge in [0.1, 0.15) is 5.76 Å². The molecule has 3 heterocycles. The second-order valence-electron chi connectivity index (χ2n) is 8.99. The Hall–Kier alpha value is -2.36. The van der Waals surface area contributed by atoms with Crippen molar-refractivity contribution >= 4 is 0 Å². The van der Waals surface area contributed by atoms with Crippen molar-refractivity contribution in [1.29, 1.82) is 0 Å². The quantitative estimate of drug-likeness (QED) is 0.489. The number of hydrogen-bond acceptors (Lipinski definition) is 3. The van der Waals surface area contributed by atoms with Crippen LogP contribution >= 0.6 is 0 Å². The van der Waals surface area contributed by atoms with Crippen molar-refractivity contribution in [3.63, 3.8) is 0 Å². The van der Waals surface area contributed by atoms with Gasteiger partial charge in [0.2, 0.25) is 0 Å². The van der Waals surface area contributed by atoms with Crippen LogP contribution in [0, 0.1) is 5.41 Å². The second kappa shape index (κ2) is 8.79. The maximum Gasteiger partial charge on any atom is 0.133 e. The van der Waals surface area contributed by atoms with Crippen LogP contribution in [0.5, 0.6) is 0 Å². The van der Waals surface area contributed by atoms with Crippen molar-refractivity contribution in [3.05, 3.63) is 84.1 Å². The molecule has 30 heavy (non-hydrogen) atoms. The lowest BCUT2D eigenvalue weighted by molar-refractivity contribution is -0.00181. The van der Waals surface area contributed by atoms with E-state index in [1.54, 1.807) is 6.26 Å². The maximum absolute atomic E-state index is 6.26. The fraction of sp³-hybridized carbons (Fsp3) is 0.407. The smallest absolute Gasteiger partial charge is 0.133 e. The molecule has 2 aliphatic heterocycles. The van der Waals surface area contributed by atoms with Gasteiger partial charge in [-0.1, -0.05) is 48.5 Å². The van der Waals surface area contributed by atoms with Crippen molar-refractivity contribution in [2.24, 2.45) is 5.41 Å². The Morgan fingerprint density at radius 2 is 1.87 bits per heavy atom. The van der Waals surface area contributed by atoms with Crippen LogP contribution in [0.15, 0.2) is 77.4 Å². The molecule has 2 fully saturated rings. The number of nitrogens with zero attached hydrogens (tertiary/aromatic N) is 1. The molecule has 0 aliphatic carbocycles. The standard InChI is InChI=1S/C27H31NO2/c1-2-7-22(8-3-1)13-14-27(26-12-6-18-30-26)15-16-28(21-27)20-23-9-4-10-24(19-23)25-11-5-17-29-25/h1-5,7-11,17,19,26H,6,12-16,18,20-21H2. The van der Waals surface area contributed by atoms with E-state index in [2.05, 4.69) is 59.5 Å². The fourth-order valence-corrected chi connectivity index (χ4v) is 5.37. The zero-order valence-corrected chi connectivity index (χ0v) is 17.6. The highest BCUT2D eigenvalue weighted by Gasteiger charge is 2.45. The molecule has 2 aromatic carbocycles. The third-order valence-corrected chi connectivity index (χ3v) is 6.97. The average Bonchev–Trinajstić information content (AvgIpc) is 3.56. The van der Waals surface area contributed by atoms with Crippen LogP contribution in [0.3, 0.4) is 0 Å². The predicted octanol–water partition coefficient (Wildman–Crippen LogP) is 5.95. The summed E-state index contributed by atoms with van der Waals surface area (Å²) in [6.07, 6.45) is 8.18. The van der Waals surface area contributed by atoms with Gasteiger partial charge >= 0.3 is 0 Å². The molecule has 2 aliphatic rings. The predicted molar refractivity (Wildman–Crippen MR) is 120 cm³/mol. The molecule has 3 heteroatoms. The van der Waals surface area contributed by atoms with Gasteiger partial charge in [-0.2, -0.15) is 0 Å². The summed E-state index contributed by atoms with van der Waals surface area (Å²) in [4.78, 5) is 2.63. The van der Waals surface area contributed by atoms with Crippen molar-refractivity contribution in [2.45, 2.75) is 44.8 Å². The fourth-order valence-electron chi connectivity index (χ4n) is 5.37. The molecule has 0 spiro atoms. The van der Waals surface area contributed by atoms with Crippen molar-refractivity contribution in [1.82, 2.24) is 4.90 Å². The summed E-state index contributed by atoms with van der Waals surface area (Å²) in [5.74, 6) is 0.940. The number of furan rings is 1. The highest BCUT2D eigenvalue weighted by molar-refractivity contribution is 5.58. The van der Waals surface area contributed by atoms with E-state index >= 15 is 0 Å². The highest BCUT2D eigenvalue weighted by atomic mass is 16.5. The van der Waals surface area contributed by atoms with Crippen LogP contribution in [0.1, 0.15) is 36.8 Å². The Kier molecular flexibility index (Phi) is 5.74. The van der Waals surface area contributed by atoms with Gasteiger partial charge < -0.3 is 9.15 Å². The number of ether oxygens (including phenoxy) is 1. The summed E-state index contributed by atoms with van der Waals surface area (Å²) >= 11 is 0. The number of likely N-dealkylation sites (tertiary alicyclic amines) is 1. The second-order valence-corrected chi connectivity index (χ2v) is 8.99. The van der Waals surface area contributed by atoms with Gasteiger partial charge in [-0.05, 0) is 68.0 Å². The number of aryl methyl sites for hydroxylation is 1. The van der Waals surface area contributed by atoms with Gasteiger partial charge in [0, 0.05) is 30.7 Å². The lowest BCUT2D eigenvalue weighted by atomic mass is 9.75. The molecule has 0 amide bonds. The van der Waals surface area contributed by atoms with Crippen molar-refractivity contribution in [2.75, 3.05) is 19.7 Å². The molecule has 3 nitrogen and oxygen atoms in total. The van der Waals surface area contributed by atoms with Crippen molar-refractivity contribution < 1.29 is 9.15 Å². The molecule has 3 aromatic rings.